The van der Waals surface area contributed by atoms with Gasteiger partial charge in [-0.05, 0) is 30.2 Å². The van der Waals surface area contributed by atoms with E-state index >= 15 is 0 Å². The second-order valence-corrected chi connectivity index (χ2v) is 7.02. The molecule has 1 heterocycles. The Kier molecular flexibility index (Phi) is 6.30. The average Bonchev–Trinajstić information content (AvgIpc) is 2.83. The number of aromatic nitrogens is 3. The van der Waals surface area contributed by atoms with Crippen molar-refractivity contribution < 1.29 is 0 Å². The molecule has 3 aromatic carbocycles. The van der Waals surface area contributed by atoms with Crippen molar-refractivity contribution in [2.45, 2.75) is 20.0 Å². The fraction of sp³-hybridized carbons (Fsp3) is 0.160. The van der Waals surface area contributed by atoms with E-state index in [-0.39, 0.29) is 0 Å². The van der Waals surface area contributed by atoms with Crippen LogP contribution in [0.4, 0.5) is 17.5 Å². The first-order valence-electron chi connectivity index (χ1n) is 10.2. The van der Waals surface area contributed by atoms with Crippen LogP contribution in [0.25, 0.3) is 0 Å². The Morgan fingerprint density at radius 2 is 1.27 bits per heavy atom. The lowest BCUT2D eigenvalue weighted by Crippen LogP contribution is -2.25. The van der Waals surface area contributed by atoms with Gasteiger partial charge in [0.2, 0.25) is 0 Å². The molecule has 0 spiro atoms. The molecule has 0 N–H and O–H groups in total. The van der Waals surface area contributed by atoms with Crippen molar-refractivity contribution in [3.8, 4) is 0 Å². The van der Waals surface area contributed by atoms with E-state index in [2.05, 4.69) is 75.5 Å². The van der Waals surface area contributed by atoms with Gasteiger partial charge in [-0.15, -0.1) is 5.10 Å². The lowest BCUT2D eigenvalue weighted by molar-refractivity contribution is 0.784. The van der Waals surface area contributed by atoms with Crippen LogP contribution in [0.2, 0.25) is 0 Å². The molecular formula is C25H25N5. The molecule has 5 heteroatoms. The number of rotatable bonds is 8. The zero-order chi connectivity index (χ0) is 20.6. The molecule has 4 rings (SSSR count). The molecule has 4 aromatic rings. The van der Waals surface area contributed by atoms with Crippen LogP contribution in [0.3, 0.4) is 0 Å². The first-order chi connectivity index (χ1) is 14.8. The Bertz CT molecular complexity index is 1040. The topological polar surface area (TPSA) is 45.2 Å². The molecule has 30 heavy (non-hydrogen) atoms. The van der Waals surface area contributed by atoms with Crippen LogP contribution in [0, 0.1) is 0 Å². The first-order valence-corrected chi connectivity index (χ1v) is 10.2. The maximum Gasteiger partial charge on any atom is 0.252 e. The summed E-state index contributed by atoms with van der Waals surface area (Å²) >= 11 is 0. The zero-order valence-corrected chi connectivity index (χ0v) is 17.1. The molecule has 0 aliphatic heterocycles. The lowest BCUT2D eigenvalue weighted by atomic mass is 10.2. The smallest absolute Gasteiger partial charge is 0.252 e. The fourth-order valence-electron chi connectivity index (χ4n) is 3.36. The Morgan fingerprint density at radius 1 is 0.700 bits per heavy atom. The third-order valence-electron chi connectivity index (χ3n) is 4.95. The molecule has 150 valence electrons. The highest BCUT2D eigenvalue weighted by atomic mass is 15.3. The molecular weight excluding hydrogens is 370 g/mol. The van der Waals surface area contributed by atoms with Gasteiger partial charge in [0.1, 0.15) is 0 Å². The molecule has 0 bridgehead atoms. The summed E-state index contributed by atoms with van der Waals surface area (Å²) in [4.78, 5) is 9.20. The highest BCUT2D eigenvalue weighted by Crippen LogP contribution is 2.25. The van der Waals surface area contributed by atoms with Crippen LogP contribution in [-0.2, 0) is 13.1 Å². The summed E-state index contributed by atoms with van der Waals surface area (Å²) in [6.07, 6.45) is 1.74. The zero-order valence-electron chi connectivity index (χ0n) is 17.1. The highest BCUT2D eigenvalue weighted by molar-refractivity contribution is 5.58. The van der Waals surface area contributed by atoms with Gasteiger partial charge in [0.15, 0.2) is 5.82 Å². The van der Waals surface area contributed by atoms with Gasteiger partial charge in [0, 0.05) is 18.8 Å². The Balaban J connectivity index is 1.66. The molecule has 0 saturated heterocycles. The molecule has 1 aromatic heterocycles. The number of para-hydroxylation sites is 1. The molecule has 5 nitrogen and oxygen atoms in total. The number of nitrogens with zero attached hydrogens (tertiary/aromatic N) is 5. The van der Waals surface area contributed by atoms with E-state index in [9.17, 15) is 0 Å². The van der Waals surface area contributed by atoms with Gasteiger partial charge in [-0.25, -0.2) is 0 Å². The molecule has 0 amide bonds. The standard InChI is InChI=1S/C25H25N5/c1-2-29(19-21-12-6-3-7-13-21)24-18-26-28-25(27-24)30(23-16-10-5-11-17-23)20-22-14-8-4-9-15-22/h3-18H,2,19-20H2,1H3. The number of hydrogen-bond acceptors (Lipinski definition) is 5. The van der Waals surface area contributed by atoms with Crippen molar-refractivity contribution in [3.63, 3.8) is 0 Å². The van der Waals surface area contributed by atoms with E-state index < -0.39 is 0 Å². The maximum absolute atomic E-state index is 4.89. The molecule has 0 atom stereocenters. The third kappa shape index (κ3) is 4.81. The SMILES string of the molecule is CCN(Cc1ccccc1)c1cnnc(N(Cc2ccccc2)c2ccccc2)n1. The summed E-state index contributed by atoms with van der Waals surface area (Å²) in [5.74, 6) is 1.41. The van der Waals surface area contributed by atoms with Gasteiger partial charge in [-0.3, -0.25) is 0 Å². The summed E-state index contributed by atoms with van der Waals surface area (Å²) in [5.41, 5.74) is 3.46. The minimum absolute atomic E-state index is 0.592. The highest BCUT2D eigenvalue weighted by Gasteiger charge is 2.16. The molecule has 0 unspecified atom stereocenters. The molecule has 0 saturated carbocycles. The minimum atomic E-state index is 0.592. The quantitative estimate of drug-likeness (QED) is 0.408. The predicted octanol–water partition coefficient (Wildman–Crippen LogP) is 5.24. The Labute approximate surface area is 177 Å². The number of benzene rings is 3. The number of hydrogen-bond donors (Lipinski definition) is 0. The van der Waals surface area contributed by atoms with Crippen molar-refractivity contribution in [3.05, 3.63) is 108 Å². The maximum atomic E-state index is 4.89. The summed E-state index contributed by atoms with van der Waals surface area (Å²) in [5, 5.41) is 8.66. The second-order valence-electron chi connectivity index (χ2n) is 7.02. The van der Waals surface area contributed by atoms with Crippen LogP contribution < -0.4 is 9.80 Å². The third-order valence-corrected chi connectivity index (χ3v) is 4.95. The summed E-state index contributed by atoms with van der Waals surface area (Å²) in [6.45, 7) is 4.40. The summed E-state index contributed by atoms with van der Waals surface area (Å²) < 4.78 is 0. The van der Waals surface area contributed by atoms with Gasteiger partial charge in [-0.2, -0.15) is 10.1 Å². The number of anilines is 3. The van der Waals surface area contributed by atoms with Gasteiger partial charge in [0.05, 0.1) is 12.7 Å². The van der Waals surface area contributed by atoms with Crippen LogP contribution in [0.15, 0.2) is 97.2 Å². The van der Waals surface area contributed by atoms with Crippen LogP contribution in [0.5, 0.6) is 0 Å². The predicted molar refractivity (Wildman–Crippen MR) is 122 cm³/mol. The van der Waals surface area contributed by atoms with Crippen molar-refractivity contribution in [2.24, 2.45) is 0 Å². The van der Waals surface area contributed by atoms with Gasteiger partial charge in [0.25, 0.3) is 5.95 Å². The van der Waals surface area contributed by atoms with Crippen LogP contribution in [-0.4, -0.2) is 21.7 Å². The monoisotopic (exact) mass is 395 g/mol. The van der Waals surface area contributed by atoms with Crippen molar-refractivity contribution in [1.82, 2.24) is 15.2 Å². The van der Waals surface area contributed by atoms with Gasteiger partial charge in [-0.1, -0.05) is 78.9 Å². The average molecular weight is 396 g/mol. The van der Waals surface area contributed by atoms with Gasteiger partial charge >= 0.3 is 0 Å². The molecule has 0 aliphatic carbocycles. The van der Waals surface area contributed by atoms with E-state index in [0.29, 0.717) is 12.5 Å². The second kappa shape index (κ2) is 9.65. The summed E-state index contributed by atoms with van der Waals surface area (Å²) in [6, 6.07) is 31.0. The van der Waals surface area contributed by atoms with E-state index in [1.54, 1.807) is 6.20 Å². The van der Waals surface area contributed by atoms with Crippen molar-refractivity contribution in [2.75, 3.05) is 16.3 Å². The van der Waals surface area contributed by atoms with Crippen molar-refractivity contribution >= 4 is 17.5 Å². The van der Waals surface area contributed by atoms with Crippen LogP contribution in [0.1, 0.15) is 18.1 Å². The molecule has 0 aliphatic rings. The first kappa shape index (κ1) is 19.6. The largest absolute Gasteiger partial charge is 0.351 e. The van der Waals surface area contributed by atoms with E-state index in [1.807, 2.05) is 42.5 Å². The molecule has 0 radical (unpaired) electrons. The minimum Gasteiger partial charge on any atom is -0.351 e. The Morgan fingerprint density at radius 3 is 1.87 bits per heavy atom. The van der Waals surface area contributed by atoms with E-state index in [1.165, 1.54) is 11.1 Å². The van der Waals surface area contributed by atoms with Crippen LogP contribution >= 0.6 is 0 Å². The lowest BCUT2D eigenvalue weighted by Gasteiger charge is -2.25. The summed E-state index contributed by atoms with van der Waals surface area (Å²) in [7, 11) is 0. The van der Waals surface area contributed by atoms with Gasteiger partial charge < -0.3 is 9.80 Å². The van der Waals surface area contributed by atoms with Crippen molar-refractivity contribution in [1.29, 1.82) is 0 Å². The Hall–Kier alpha value is -3.73. The van der Waals surface area contributed by atoms with E-state index in [4.69, 9.17) is 4.98 Å². The molecule has 0 fully saturated rings. The fourth-order valence-corrected chi connectivity index (χ4v) is 3.36. The normalized spacial score (nSPS) is 10.6. The van der Waals surface area contributed by atoms with E-state index in [0.717, 1.165) is 24.6 Å².